The maximum absolute atomic E-state index is 13.0. The van der Waals surface area contributed by atoms with E-state index in [9.17, 15) is 8.42 Å². The van der Waals surface area contributed by atoms with E-state index in [-0.39, 0.29) is 6.04 Å². The van der Waals surface area contributed by atoms with Crippen LogP contribution in [-0.4, -0.2) is 32.0 Å². The number of sulfonamides is 1. The van der Waals surface area contributed by atoms with Crippen molar-refractivity contribution in [1.82, 2.24) is 4.31 Å². The van der Waals surface area contributed by atoms with Crippen LogP contribution in [0.4, 0.5) is 0 Å². The Labute approximate surface area is 143 Å². The van der Waals surface area contributed by atoms with Crippen LogP contribution in [0.5, 0.6) is 0 Å². The van der Waals surface area contributed by atoms with E-state index in [0.29, 0.717) is 28.3 Å². The largest absolute Gasteiger partial charge is 0.381 e. The second kappa shape index (κ2) is 6.98. The van der Waals surface area contributed by atoms with Crippen molar-refractivity contribution in [3.8, 4) is 0 Å². The standard InChI is InChI=1S/C14H16ClNO3S3/c15-13-3-4-14(21-13)22(17,18)16(10-12-2-1-9-20-12)11-5-7-19-8-6-11/h1-4,9,11H,5-8,10H2. The van der Waals surface area contributed by atoms with Gasteiger partial charge in [-0.25, -0.2) is 8.42 Å². The lowest BCUT2D eigenvalue weighted by atomic mass is 10.1. The first-order valence-corrected chi connectivity index (χ1v) is 10.5. The molecule has 0 atom stereocenters. The molecule has 0 radical (unpaired) electrons. The molecule has 3 rings (SSSR count). The van der Waals surface area contributed by atoms with Crippen LogP contribution in [0, 0.1) is 0 Å². The predicted molar refractivity (Wildman–Crippen MR) is 90.2 cm³/mol. The van der Waals surface area contributed by atoms with Crippen molar-refractivity contribution in [2.24, 2.45) is 0 Å². The lowest BCUT2D eigenvalue weighted by Gasteiger charge is -2.32. The number of halogens is 1. The summed E-state index contributed by atoms with van der Waals surface area (Å²) in [5.41, 5.74) is 0. The molecule has 0 amide bonds. The molecule has 1 saturated heterocycles. The van der Waals surface area contributed by atoms with E-state index in [1.807, 2.05) is 17.5 Å². The van der Waals surface area contributed by atoms with E-state index < -0.39 is 10.0 Å². The van der Waals surface area contributed by atoms with Crippen molar-refractivity contribution in [3.63, 3.8) is 0 Å². The predicted octanol–water partition coefficient (Wildman–Crippen LogP) is 3.83. The van der Waals surface area contributed by atoms with Crippen molar-refractivity contribution >= 4 is 44.3 Å². The summed E-state index contributed by atoms with van der Waals surface area (Å²) in [6.45, 7) is 1.61. The minimum absolute atomic E-state index is 0.0262. The molecule has 0 saturated carbocycles. The maximum Gasteiger partial charge on any atom is 0.253 e. The Bertz CT molecular complexity index is 706. The zero-order chi connectivity index (χ0) is 15.6. The van der Waals surface area contributed by atoms with Crippen molar-refractivity contribution < 1.29 is 13.2 Å². The third-order valence-corrected chi connectivity index (χ3v) is 8.06. The molecule has 0 aliphatic carbocycles. The molecule has 0 unspecified atom stereocenters. The van der Waals surface area contributed by atoms with Gasteiger partial charge in [-0.05, 0) is 36.4 Å². The number of thiophene rings is 2. The maximum atomic E-state index is 13.0. The van der Waals surface area contributed by atoms with Crippen molar-refractivity contribution in [3.05, 3.63) is 38.9 Å². The molecule has 0 bridgehead atoms. The Morgan fingerprint density at radius 2 is 2.05 bits per heavy atom. The molecular weight excluding hydrogens is 362 g/mol. The summed E-state index contributed by atoms with van der Waals surface area (Å²) < 4.78 is 33.8. The molecule has 4 nitrogen and oxygen atoms in total. The Morgan fingerprint density at radius 1 is 1.27 bits per heavy atom. The lowest BCUT2D eigenvalue weighted by molar-refractivity contribution is 0.0572. The van der Waals surface area contributed by atoms with Crippen LogP contribution in [-0.2, 0) is 21.3 Å². The number of nitrogens with zero attached hydrogens (tertiary/aromatic N) is 1. The molecule has 120 valence electrons. The van der Waals surface area contributed by atoms with Crippen LogP contribution in [0.1, 0.15) is 17.7 Å². The second-order valence-electron chi connectivity index (χ2n) is 5.03. The molecule has 0 spiro atoms. The number of hydrogen-bond donors (Lipinski definition) is 0. The first kappa shape index (κ1) is 16.4. The van der Waals surface area contributed by atoms with Gasteiger partial charge in [-0.2, -0.15) is 4.31 Å². The van der Waals surface area contributed by atoms with E-state index in [1.54, 1.807) is 27.8 Å². The monoisotopic (exact) mass is 377 g/mol. The normalized spacial score (nSPS) is 17.2. The third-order valence-electron chi connectivity index (χ3n) is 3.60. The first-order valence-electron chi connectivity index (χ1n) is 6.94. The fraction of sp³-hybridized carbons (Fsp3) is 0.429. The highest BCUT2D eigenvalue weighted by Gasteiger charge is 2.33. The highest BCUT2D eigenvalue weighted by atomic mass is 35.5. The molecule has 8 heteroatoms. The minimum Gasteiger partial charge on any atom is -0.381 e. The highest BCUT2D eigenvalue weighted by Crippen LogP contribution is 2.32. The van der Waals surface area contributed by atoms with E-state index >= 15 is 0 Å². The quantitative estimate of drug-likeness (QED) is 0.795. The number of ether oxygens (including phenoxy) is 1. The Kier molecular flexibility index (Phi) is 5.21. The van der Waals surface area contributed by atoms with Crippen molar-refractivity contribution in [2.75, 3.05) is 13.2 Å². The topological polar surface area (TPSA) is 46.6 Å². The summed E-state index contributed by atoms with van der Waals surface area (Å²) in [6.07, 6.45) is 1.45. The minimum atomic E-state index is -3.54. The zero-order valence-electron chi connectivity index (χ0n) is 11.8. The smallest absolute Gasteiger partial charge is 0.253 e. The summed E-state index contributed by atoms with van der Waals surface area (Å²) in [5, 5.41) is 1.96. The van der Waals surface area contributed by atoms with Crippen LogP contribution in [0.25, 0.3) is 0 Å². The van der Waals surface area contributed by atoms with E-state index in [4.69, 9.17) is 16.3 Å². The van der Waals surface area contributed by atoms with Gasteiger partial charge in [0.2, 0.25) is 0 Å². The van der Waals surface area contributed by atoms with Gasteiger partial charge in [-0.15, -0.1) is 22.7 Å². The Balaban J connectivity index is 1.92. The number of hydrogen-bond acceptors (Lipinski definition) is 5. The first-order chi connectivity index (χ1) is 10.6. The van der Waals surface area contributed by atoms with Gasteiger partial charge in [0.15, 0.2) is 0 Å². The van der Waals surface area contributed by atoms with Gasteiger partial charge in [0, 0.05) is 30.7 Å². The van der Waals surface area contributed by atoms with Gasteiger partial charge in [0.1, 0.15) is 4.21 Å². The SMILES string of the molecule is O=S(=O)(c1ccc(Cl)s1)N(Cc1cccs1)C1CCOCC1. The van der Waals surface area contributed by atoms with Gasteiger partial charge >= 0.3 is 0 Å². The van der Waals surface area contributed by atoms with Gasteiger partial charge in [0.05, 0.1) is 4.34 Å². The van der Waals surface area contributed by atoms with Gasteiger partial charge in [-0.1, -0.05) is 17.7 Å². The lowest BCUT2D eigenvalue weighted by Crippen LogP contribution is -2.42. The van der Waals surface area contributed by atoms with Gasteiger partial charge in [-0.3, -0.25) is 0 Å². The van der Waals surface area contributed by atoms with Crippen molar-refractivity contribution in [2.45, 2.75) is 29.6 Å². The molecule has 2 aromatic rings. The van der Waals surface area contributed by atoms with E-state index in [0.717, 1.165) is 29.1 Å². The molecule has 0 N–H and O–H groups in total. The Morgan fingerprint density at radius 3 is 2.64 bits per heavy atom. The van der Waals surface area contributed by atoms with Crippen LogP contribution in [0.3, 0.4) is 0 Å². The molecule has 1 fully saturated rings. The van der Waals surface area contributed by atoms with Gasteiger partial charge < -0.3 is 4.74 Å². The molecule has 3 heterocycles. The average Bonchev–Trinajstić information content (AvgIpc) is 3.17. The van der Waals surface area contributed by atoms with Crippen LogP contribution in [0.15, 0.2) is 33.9 Å². The highest BCUT2D eigenvalue weighted by molar-refractivity contribution is 7.91. The second-order valence-corrected chi connectivity index (χ2v) is 9.90. The van der Waals surface area contributed by atoms with Crippen LogP contribution >= 0.6 is 34.3 Å². The fourth-order valence-electron chi connectivity index (χ4n) is 2.49. The summed E-state index contributed by atoms with van der Waals surface area (Å²) in [4.78, 5) is 1.04. The number of rotatable bonds is 5. The summed E-state index contributed by atoms with van der Waals surface area (Å²) >= 11 is 8.60. The van der Waals surface area contributed by atoms with E-state index in [2.05, 4.69) is 0 Å². The molecule has 2 aromatic heterocycles. The van der Waals surface area contributed by atoms with Crippen molar-refractivity contribution in [1.29, 1.82) is 0 Å². The molecule has 0 aromatic carbocycles. The fourth-order valence-corrected chi connectivity index (χ4v) is 6.55. The average molecular weight is 378 g/mol. The summed E-state index contributed by atoms with van der Waals surface area (Å²) in [5.74, 6) is 0. The summed E-state index contributed by atoms with van der Waals surface area (Å²) in [6, 6.07) is 7.10. The summed E-state index contributed by atoms with van der Waals surface area (Å²) in [7, 11) is -3.54. The Hall–Kier alpha value is -0.440. The molecular formula is C14H16ClNO3S3. The van der Waals surface area contributed by atoms with Gasteiger partial charge in [0.25, 0.3) is 10.0 Å². The zero-order valence-corrected chi connectivity index (χ0v) is 15.0. The van der Waals surface area contributed by atoms with Crippen LogP contribution in [0.2, 0.25) is 4.34 Å². The van der Waals surface area contributed by atoms with E-state index in [1.165, 1.54) is 0 Å². The molecule has 1 aliphatic rings. The van der Waals surface area contributed by atoms with Crippen LogP contribution < -0.4 is 0 Å². The molecule has 22 heavy (non-hydrogen) atoms. The third kappa shape index (κ3) is 3.55. The molecule has 1 aliphatic heterocycles.